The van der Waals surface area contributed by atoms with Gasteiger partial charge in [0.25, 0.3) is 5.91 Å². The number of carbonyl (C=O) groups is 1. The van der Waals surface area contributed by atoms with E-state index < -0.39 is 0 Å². The van der Waals surface area contributed by atoms with Gasteiger partial charge in [0.05, 0.1) is 5.69 Å². The van der Waals surface area contributed by atoms with Gasteiger partial charge in [0.2, 0.25) is 5.76 Å². The van der Waals surface area contributed by atoms with Crippen molar-refractivity contribution in [3.63, 3.8) is 0 Å². The zero-order valence-electron chi connectivity index (χ0n) is 16.9. The van der Waals surface area contributed by atoms with Crippen LogP contribution in [0.15, 0.2) is 35.1 Å². The van der Waals surface area contributed by atoms with Crippen LogP contribution in [-0.2, 0) is 13.0 Å². The minimum absolute atomic E-state index is 0.0180. The second-order valence-corrected chi connectivity index (χ2v) is 8.36. The first-order valence-electron chi connectivity index (χ1n) is 10.7. The van der Waals surface area contributed by atoms with Crippen LogP contribution < -0.4 is 0 Å². The summed E-state index contributed by atoms with van der Waals surface area (Å²) in [4.78, 5) is 21.0. The monoisotopic (exact) mass is 381 g/mol. The Morgan fingerprint density at radius 2 is 1.71 bits per heavy atom. The Kier molecular flexibility index (Phi) is 6.10. The van der Waals surface area contributed by atoms with Crippen molar-refractivity contribution in [1.29, 1.82) is 0 Å². The largest absolute Gasteiger partial charge is 0.438 e. The fraction of sp³-hybridized carbons (Fsp3) is 0.565. The molecule has 3 heterocycles. The van der Waals surface area contributed by atoms with E-state index in [0.29, 0.717) is 17.4 Å². The van der Waals surface area contributed by atoms with Crippen LogP contribution in [0.4, 0.5) is 0 Å². The third kappa shape index (κ3) is 4.64. The van der Waals surface area contributed by atoms with Crippen LogP contribution in [0.3, 0.4) is 0 Å². The number of benzene rings is 1. The summed E-state index contributed by atoms with van der Waals surface area (Å²) in [5, 5.41) is 0. The molecule has 0 spiro atoms. The molecule has 2 aromatic rings. The molecular formula is C23H31N3O2. The summed E-state index contributed by atoms with van der Waals surface area (Å²) >= 11 is 0. The van der Waals surface area contributed by atoms with Crippen molar-refractivity contribution >= 4 is 5.91 Å². The number of amides is 1. The van der Waals surface area contributed by atoms with E-state index >= 15 is 0 Å². The molecule has 0 radical (unpaired) electrons. The second-order valence-electron chi connectivity index (χ2n) is 8.36. The predicted molar refractivity (Wildman–Crippen MR) is 109 cm³/mol. The third-order valence-electron chi connectivity index (χ3n) is 6.24. The van der Waals surface area contributed by atoms with E-state index in [9.17, 15) is 4.79 Å². The number of hydrogen-bond acceptors (Lipinski definition) is 4. The van der Waals surface area contributed by atoms with Crippen molar-refractivity contribution in [3.8, 4) is 0 Å². The summed E-state index contributed by atoms with van der Waals surface area (Å²) in [6.07, 6.45) is 8.63. The maximum atomic E-state index is 12.5. The average Bonchev–Trinajstić information content (AvgIpc) is 3.16. The maximum absolute atomic E-state index is 12.5. The molecule has 0 N–H and O–H groups in total. The van der Waals surface area contributed by atoms with Crippen LogP contribution in [0.5, 0.6) is 0 Å². The van der Waals surface area contributed by atoms with Gasteiger partial charge in [-0.15, -0.1) is 0 Å². The number of aryl methyl sites for hydroxylation is 1. The minimum atomic E-state index is -0.0180. The van der Waals surface area contributed by atoms with E-state index in [1.807, 2.05) is 11.8 Å². The Labute approximate surface area is 167 Å². The summed E-state index contributed by atoms with van der Waals surface area (Å²) in [7, 11) is 0. The van der Waals surface area contributed by atoms with Gasteiger partial charge in [-0.25, -0.2) is 4.98 Å². The van der Waals surface area contributed by atoms with Crippen LogP contribution in [0.2, 0.25) is 0 Å². The SMILES string of the molecule is Cc1ncoc1C(=O)N1CCC(Cc2ccc(CN3CCCCC3)cc2)CC1. The van der Waals surface area contributed by atoms with Gasteiger partial charge in [0.1, 0.15) is 0 Å². The standard InChI is InChI=1S/C23H31N3O2/c1-18-22(28-17-24-18)23(27)26-13-9-20(10-14-26)15-19-5-7-21(8-6-19)16-25-11-3-2-4-12-25/h5-8,17,20H,2-4,9-16H2,1H3. The number of aromatic nitrogens is 1. The predicted octanol–water partition coefficient (Wildman–Crippen LogP) is 4.06. The second kappa shape index (κ2) is 8.91. The van der Waals surface area contributed by atoms with Crippen LogP contribution in [0.25, 0.3) is 0 Å². The van der Waals surface area contributed by atoms with Crippen LogP contribution in [-0.4, -0.2) is 46.9 Å². The fourth-order valence-corrected chi connectivity index (χ4v) is 4.48. The van der Waals surface area contributed by atoms with Crippen molar-refractivity contribution in [1.82, 2.24) is 14.8 Å². The molecule has 2 aliphatic heterocycles. The van der Waals surface area contributed by atoms with Crippen molar-refractivity contribution < 1.29 is 9.21 Å². The number of nitrogens with zero attached hydrogens (tertiary/aromatic N) is 3. The number of oxazole rings is 1. The molecule has 0 bridgehead atoms. The summed E-state index contributed by atoms with van der Waals surface area (Å²) in [6, 6.07) is 9.20. The van der Waals surface area contributed by atoms with Gasteiger partial charge in [-0.3, -0.25) is 9.69 Å². The maximum Gasteiger partial charge on any atom is 0.291 e. The summed E-state index contributed by atoms with van der Waals surface area (Å²) < 4.78 is 5.26. The lowest BCUT2D eigenvalue weighted by molar-refractivity contribution is 0.0657. The van der Waals surface area contributed by atoms with Crippen molar-refractivity contribution in [2.45, 2.75) is 52.0 Å². The van der Waals surface area contributed by atoms with E-state index in [1.165, 1.54) is 49.9 Å². The molecule has 1 aromatic carbocycles. The number of likely N-dealkylation sites (tertiary alicyclic amines) is 2. The average molecular weight is 382 g/mol. The lowest BCUT2D eigenvalue weighted by Crippen LogP contribution is -2.39. The summed E-state index contributed by atoms with van der Waals surface area (Å²) in [5.74, 6) is 1.02. The zero-order chi connectivity index (χ0) is 19.3. The molecular weight excluding hydrogens is 350 g/mol. The zero-order valence-corrected chi connectivity index (χ0v) is 16.9. The molecule has 2 aliphatic rings. The summed E-state index contributed by atoms with van der Waals surface area (Å²) in [5.41, 5.74) is 3.52. The van der Waals surface area contributed by atoms with E-state index in [0.717, 1.165) is 38.9 Å². The molecule has 0 aliphatic carbocycles. The molecule has 2 saturated heterocycles. The fourth-order valence-electron chi connectivity index (χ4n) is 4.48. The van der Waals surface area contributed by atoms with Gasteiger partial charge in [-0.2, -0.15) is 0 Å². The smallest absolute Gasteiger partial charge is 0.291 e. The molecule has 0 unspecified atom stereocenters. The Balaban J connectivity index is 1.25. The third-order valence-corrected chi connectivity index (χ3v) is 6.24. The molecule has 1 aromatic heterocycles. The quantitative estimate of drug-likeness (QED) is 0.784. The first kappa shape index (κ1) is 19.2. The number of carbonyl (C=O) groups excluding carboxylic acids is 1. The van der Waals surface area contributed by atoms with Gasteiger partial charge in [-0.05, 0) is 69.2 Å². The van der Waals surface area contributed by atoms with Gasteiger partial charge < -0.3 is 9.32 Å². The van der Waals surface area contributed by atoms with E-state index in [-0.39, 0.29) is 5.91 Å². The van der Waals surface area contributed by atoms with Gasteiger partial charge >= 0.3 is 0 Å². The molecule has 150 valence electrons. The highest BCUT2D eigenvalue weighted by Crippen LogP contribution is 2.24. The van der Waals surface area contributed by atoms with E-state index in [1.54, 1.807) is 0 Å². The Morgan fingerprint density at radius 3 is 2.36 bits per heavy atom. The molecule has 2 fully saturated rings. The van der Waals surface area contributed by atoms with Crippen molar-refractivity contribution in [2.24, 2.45) is 5.92 Å². The molecule has 4 rings (SSSR count). The van der Waals surface area contributed by atoms with Crippen LogP contribution in [0.1, 0.15) is 59.5 Å². The van der Waals surface area contributed by atoms with Gasteiger partial charge in [0.15, 0.2) is 6.39 Å². The number of piperidine rings is 2. The van der Waals surface area contributed by atoms with E-state index in [2.05, 4.69) is 34.1 Å². The lowest BCUT2D eigenvalue weighted by atomic mass is 9.89. The molecule has 0 saturated carbocycles. The highest BCUT2D eigenvalue weighted by molar-refractivity contribution is 5.92. The minimum Gasteiger partial charge on any atom is -0.438 e. The highest BCUT2D eigenvalue weighted by Gasteiger charge is 2.26. The lowest BCUT2D eigenvalue weighted by Gasteiger charge is -2.31. The Morgan fingerprint density at radius 1 is 1.04 bits per heavy atom. The molecule has 28 heavy (non-hydrogen) atoms. The Bertz CT molecular complexity index is 769. The first-order chi connectivity index (χ1) is 13.7. The molecule has 5 heteroatoms. The topological polar surface area (TPSA) is 49.6 Å². The summed E-state index contributed by atoms with van der Waals surface area (Å²) in [6.45, 7) is 6.99. The van der Waals surface area contributed by atoms with Crippen LogP contribution >= 0.6 is 0 Å². The Hall–Kier alpha value is -2.14. The van der Waals surface area contributed by atoms with Crippen molar-refractivity contribution in [3.05, 3.63) is 53.2 Å². The van der Waals surface area contributed by atoms with Crippen molar-refractivity contribution in [2.75, 3.05) is 26.2 Å². The number of rotatable bonds is 5. The molecule has 5 nitrogen and oxygen atoms in total. The normalized spacial score (nSPS) is 19.1. The first-order valence-corrected chi connectivity index (χ1v) is 10.7. The molecule has 1 amide bonds. The highest BCUT2D eigenvalue weighted by atomic mass is 16.3. The molecule has 0 atom stereocenters. The van der Waals surface area contributed by atoms with E-state index in [4.69, 9.17) is 4.42 Å². The number of hydrogen-bond donors (Lipinski definition) is 0. The van der Waals surface area contributed by atoms with Crippen LogP contribution in [0, 0.1) is 12.8 Å². The van der Waals surface area contributed by atoms with Gasteiger partial charge in [0, 0.05) is 19.6 Å². The van der Waals surface area contributed by atoms with Gasteiger partial charge in [-0.1, -0.05) is 30.7 Å².